The first-order valence-electron chi connectivity index (χ1n) is 7.82. The molecule has 1 N–H and O–H groups in total. The molecular weight excluding hydrogens is 305 g/mol. The Morgan fingerprint density at radius 2 is 1.52 bits per heavy atom. The molecule has 0 fully saturated rings. The first-order chi connectivity index (χ1) is 9.96. The fraction of sp³-hybridized carbons (Fsp3) is 0.647. The monoisotopic (exact) mass is 331 g/mol. The van der Waals surface area contributed by atoms with Crippen LogP contribution >= 0.6 is 23.2 Å². The van der Waals surface area contributed by atoms with E-state index in [0.717, 1.165) is 31.5 Å². The normalized spacial score (nSPS) is 13.7. The van der Waals surface area contributed by atoms with Crippen molar-refractivity contribution in [1.82, 2.24) is 4.90 Å². The van der Waals surface area contributed by atoms with Crippen LogP contribution in [0.25, 0.3) is 0 Å². The van der Waals surface area contributed by atoms with E-state index in [9.17, 15) is 5.11 Å². The van der Waals surface area contributed by atoms with E-state index in [-0.39, 0.29) is 5.54 Å². The lowest BCUT2D eigenvalue weighted by atomic mass is 9.81. The van der Waals surface area contributed by atoms with Crippen molar-refractivity contribution in [2.24, 2.45) is 0 Å². The molecule has 0 bridgehead atoms. The van der Waals surface area contributed by atoms with E-state index in [1.165, 1.54) is 0 Å². The number of nitrogens with zero attached hydrogens (tertiary/aromatic N) is 1. The van der Waals surface area contributed by atoms with E-state index < -0.39 is 6.10 Å². The van der Waals surface area contributed by atoms with E-state index in [1.54, 1.807) is 0 Å². The molecule has 0 aromatic heterocycles. The van der Waals surface area contributed by atoms with Gasteiger partial charge < -0.3 is 5.11 Å². The van der Waals surface area contributed by atoms with Gasteiger partial charge >= 0.3 is 0 Å². The minimum absolute atomic E-state index is 0.230. The van der Waals surface area contributed by atoms with Crippen LogP contribution in [0.4, 0.5) is 0 Å². The third kappa shape index (κ3) is 3.92. The lowest BCUT2D eigenvalue weighted by Crippen LogP contribution is -2.56. The Labute approximate surface area is 139 Å². The predicted octanol–water partition coefficient (Wildman–Crippen LogP) is 4.80. The topological polar surface area (TPSA) is 23.5 Å². The van der Waals surface area contributed by atoms with Gasteiger partial charge in [-0.2, -0.15) is 0 Å². The SMILES string of the molecule is CCN(CC)C(CC)(CC)C(O)Cc1c(Cl)cccc1Cl. The standard InChI is InChI=1S/C17H27Cl2NO/c1-5-17(6-2,20(7-3)8-4)16(21)12-13-14(18)10-9-11-15(13)19/h9-11,16,21H,5-8,12H2,1-4H3. The molecule has 1 rings (SSSR count). The second-order valence-corrected chi connectivity index (χ2v) is 6.22. The van der Waals surface area contributed by atoms with Gasteiger partial charge in [-0.1, -0.05) is 57.0 Å². The molecule has 0 radical (unpaired) electrons. The Kier molecular flexibility index (Phi) is 7.49. The smallest absolute Gasteiger partial charge is 0.0764 e. The van der Waals surface area contributed by atoms with Crippen LogP contribution in [0, 0.1) is 0 Å². The minimum atomic E-state index is -0.496. The van der Waals surface area contributed by atoms with Crippen molar-refractivity contribution in [3.8, 4) is 0 Å². The summed E-state index contributed by atoms with van der Waals surface area (Å²) in [5, 5.41) is 12.2. The zero-order valence-corrected chi connectivity index (χ0v) is 15.0. The average molecular weight is 332 g/mol. The fourth-order valence-corrected chi connectivity index (χ4v) is 3.90. The largest absolute Gasteiger partial charge is 0.391 e. The summed E-state index contributed by atoms with van der Waals surface area (Å²) in [6.45, 7) is 10.4. The predicted molar refractivity (Wildman–Crippen MR) is 92.4 cm³/mol. The van der Waals surface area contributed by atoms with E-state index in [1.807, 2.05) is 18.2 Å². The molecule has 1 unspecified atom stereocenters. The second-order valence-electron chi connectivity index (χ2n) is 5.40. The molecule has 4 heteroatoms. The van der Waals surface area contributed by atoms with Gasteiger partial charge in [0.05, 0.1) is 6.10 Å². The summed E-state index contributed by atoms with van der Waals surface area (Å²) in [4.78, 5) is 2.35. The van der Waals surface area contributed by atoms with Gasteiger partial charge in [-0.05, 0) is 43.6 Å². The minimum Gasteiger partial charge on any atom is -0.391 e. The molecule has 1 atom stereocenters. The number of hydrogen-bond acceptors (Lipinski definition) is 2. The van der Waals surface area contributed by atoms with Crippen molar-refractivity contribution in [2.45, 2.75) is 58.6 Å². The van der Waals surface area contributed by atoms with Crippen molar-refractivity contribution in [2.75, 3.05) is 13.1 Å². The number of hydrogen-bond donors (Lipinski definition) is 1. The summed E-state index contributed by atoms with van der Waals surface area (Å²) in [6, 6.07) is 5.48. The molecule has 0 saturated heterocycles. The number of aliphatic hydroxyl groups is 1. The van der Waals surface area contributed by atoms with Crippen LogP contribution in [0.15, 0.2) is 18.2 Å². The van der Waals surface area contributed by atoms with Crippen LogP contribution in [0.1, 0.15) is 46.1 Å². The molecule has 1 aromatic carbocycles. The highest BCUT2D eigenvalue weighted by molar-refractivity contribution is 6.36. The molecule has 0 amide bonds. The Morgan fingerprint density at radius 3 is 1.90 bits per heavy atom. The van der Waals surface area contributed by atoms with E-state index in [4.69, 9.17) is 23.2 Å². The highest BCUT2D eigenvalue weighted by atomic mass is 35.5. The Balaban J connectivity index is 3.10. The van der Waals surface area contributed by atoms with Crippen molar-refractivity contribution in [3.05, 3.63) is 33.8 Å². The molecule has 0 aliphatic heterocycles. The van der Waals surface area contributed by atoms with E-state index in [2.05, 4.69) is 32.6 Å². The fourth-order valence-electron chi connectivity index (χ4n) is 3.34. The molecular formula is C17H27Cl2NO. The molecule has 0 aliphatic carbocycles. The van der Waals surface area contributed by atoms with E-state index in [0.29, 0.717) is 16.5 Å². The molecule has 0 saturated carbocycles. The summed E-state index contributed by atoms with van der Waals surface area (Å²) in [5.74, 6) is 0. The van der Waals surface area contributed by atoms with Gasteiger partial charge in [0.25, 0.3) is 0 Å². The van der Waals surface area contributed by atoms with Gasteiger partial charge in [-0.15, -0.1) is 0 Å². The zero-order valence-electron chi connectivity index (χ0n) is 13.5. The zero-order chi connectivity index (χ0) is 16.0. The lowest BCUT2D eigenvalue weighted by molar-refractivity contribution is -0.0340. The summed E-state index contributed by atoms with van der Waals surface area (Å²) in [6.07, 6.45) is 1.78. The van der Waals surface area contributed by atoms with Crippen LogP contribution in [-0.2, 0) is 6.42 Å². The van der Waals surface area contributed by atoms with Gasteiger partial charge in [0.1, 0.15) is 0 Å². The lowest BCUT2D eigenvalue weighted by Gasteiger charge is -2.46. The Hall–Kier alpha value is -0.280. The Morgan fingerprint density at radius 1 is 1.05 bits per heavy atom. The molecule has 0 heterocycles. The summed E-state index contributed by atoms with van der Waals surface area (Å²) >= 11 is 12.5. The molecule has 0 aliphatic rings. The average Bonchev–Trinajstić information content (AvgIpc) is 2.48. The number of likely N-dealkylation sites (N-methyl/N-ethyl adjacent to an activating group) is 1. The van der Waals surface area contributed by atoms with Crippen molar-refractivity contribution >= 4 is 23.2 Å². The summed E-state index contributed by atoms with van der Waals surface area (Å²) in [5.41, 5.74) is 0.609. The third-order valence-corrected chi connectivity index (χ3v) is 5.41. The number of rotatable bonds is 8. The first kappa shape index (κ1) is 18.8. The van der Waals surface area contributed by atoms with Crippen molar-refractivity contribution in [1.29, 1.82) is 0 Å². The van der Waals surface area contributed by atoms with Crippen LogP contribution in [0.2, 0.25) is 10.0 Å². The summed E-state index contributed by atoms with van der Waals surface area (Å²) in [7, 11) is 0. The maximum atomic E-state index is 10.9. The maximum absolute atomic E-state index is 10.9. The number of benzene rings is 1. The van der Waals surface area contributed by atoms with Crippen molar-refractivity contribution in [3.63, 3.8) is 0 Å². The molecule has 1 aromatic rings. The molecule has 0 spiro atoms. The highest BCUT2D eigenvalue weighted by Gasteiger charge is 2.39. The molecule has 2 nitrogen and oxygen atoms in total. The van der Waals surface area contributed by atoms with Gasteiger partial charge in [-0.25, -0.2) is 0 Å². The van der Waals surface area contributed by atoms with E-state index >= 15 is 0 Å². The van der Waals surface area contributed by atoms with Crippen molar-refractivity contribution < 1.29 is 5.11 Å². The molecule has 120 valence electrons. The third-order valence-electron chi connectivity index (χ3n) is 4.70. The van der Waals surface area contributed by atoms with Crippen LogP contribution < -0.4 is 0 Å². The second kappa shape index (κ2) is 8.38. The van der Waals surface area contributed by atoms with Gasteiger partial charge in [-0.3, -0.25) is 4.90 Å². The maximum Gasteiger partial charge on any atom is 0.0764 e. The number of halogens is 2. The van der Waals surface area contributed by atoms with Crippen LogP contribution in [-0.4, -0.2) is 34.7 Å². The van der Waals surface area contributed by atoms with Gasteiger partial charge in [0.2, 0.25) is 0 Å². The van der Waals surface area contributed by atoms with Gasteiger partial charge in [0, 0.05) is 22.0 Å². The highest BCUT2D eigenvalue weighted by Crippen LogP contribution is 2.33. The first-order valence-corrected chi connectivity index (χ1v) is 8.58. The van der Waals surface area contributed by atoms with Crippen LogP contribution in [0.5, 0.6) is 0 Å². The number of aliphatic hydroxyl groups excluding tert-OH is 1. The van der Waals surface area contributed by atoms with Gasteiger partial charge in [0.15, 0.2) is 0 Å². The molecule has 21 heavy (non-hydrogen) atoms. The quantitative estimate of drug-likeness (QED) is 0.739. The van der Waals surface area contributed by atoms with Crippen LogP contribution in [0.3, 0.4) is 0 Å². The Bertz CT molecular complexity index is 422. The summed E-state index contributed by atoms with van der Waals surface area (Å²) < 4.78 is 0.